The van der Waals surface area contributed by atoms with Crippen molar-refractivity contribution in [3.8, 4) is 17.1 Å². The molecule has 0 spiro atoms. The summed E-state index contributed by atoms with van der Waals surface area (Å²) >= 11 is 5.93. The standard InChI is InChI=1S/C38H42FN9O5.C18H23ClN6O2.CH4/c1-22-18-46(27-19-52-20-27)11-12-47(22)26-7-8-33(41-17-26)43-32-15-31(44-45(6)36(32)50)28-9-10-40-35(29(28)21-53-23(2)49)48-37(51)34-24(16-42-48)13-25(14-30(34)39)38(3,4)5;1-12-9-24(14-10-27-11-14)5-6-25(12)13-3-4-17(20-8-13)21-15-7-16(19)22-23(2)18(15)26;/h7-10,13-17,22,27H,11-12,18-21H2,1-6H3,(H,41,43);3-4,7-8,12,14H,5-6,9-11H2,1-2H3,(H,20,21);1H4/t22-;12-;/m00./s1. The molecule has 4 saturated heterocycles. The Hall–Kier alpha value is -7.70. The molecule has 4 fully saturated rings. The minimum Gasteiger partial charge on any atom is -0.461 e. The molecule has 6 aromatic heterocycles. The molecule has 428 valence electrons. The van der Waals surface area contributed by atoms with Crippen LogP contribution in [0.25, 0.3) is 27.8 Å². The number of anilines is 6. The molecule has 0 saturated carbocycles. The second-order valence-corrected chi connectivity index (χ2v) is 22.1. The smallest absolute Gasteiger partial charge is 0.302 e. The fourth-order valence-corrected chi connectivity index (χ4v) is 10.6. The molecule has 1 aromatic carbocycles. The van der Waals surface area contributed by atoms with E-state index < -0.39 is 22.9 Å². The van der Waals surface area contributed by atoms with Crippen LogP contribution in [-0.4, -0.2) is 150 Å². The highest BCUT2D eigenvalue weighted by molar-refractivity contribution is 6.29. The van der Waals surface area contributed by atoms with E-state index >= 15 is 4.39 Å². The van der Waals surface area contributed by atoms with Crippen LogP contribution in [0.4, 0.5) is 38.8 Å². The number of esters is 1. The molecule has 4 aliphatic heterocycles. The maximum absolute atomic E-state index is 15.5. The first kappa shape index (κ1) is 58.0. The monoisotopic (exact) mass is 1130 g/mol. The van der Waals surface area contributed by atoms with Crippen molar-refractivity contribution in [1.82, 2.24) is 54.1 Å². The number of ether oxygens (including phenoxy) is 3. The number of aryl methyl sites for hydroxylation is 2. The third kappa shape index (κ3) is 12.6. The minimum atomic E-state index is -0.733. The lowest BCUT2D eigenvalue weighted by Gasteiger charge is -2.46. The summed E-state index contributed by atoms with van der Waals surface area (Å²) in [6.45, 7) is 20.3. The number of rotatable bonds is 12. The van der Waals surface area contributed by atoms with Crippen LogP contribution in [0.3, 0.4) is 0 Å². The van der Waals surface area contributed by atoms with Crippen molar-refractivity contribution in [2.75, 3.05) is 86.1 Å². The van der Waals surface area contributed by atoms with Gasteiger partial charge in [0.1, 0.15) is 35.4 Å². The van der Waals surface area contributed by atoms with Crippen molar-refractivity contribution in [2.24, 2.45) is 14.1 Å². The van der Waals surface area contributed by atoms with Crippen LogP contribution in [0.5, 0.6) is 0 Å². The van der Waals surface area contributed by atoms with E-state index in [1.54, 1.807) is 31.4 Å². The van der Waals surface area contributed by atoms with Gasteiger partial charge in [0.05, 0.1) is 79.6 Å². The van der Waals surface area contributed by atoms with Gasteiger partial charge in [-0.1, -0.05) is 39.8 Å². The lowest BCUT2D eigenvalue weighted by molar-refractivity contribution is -0.142. The van der Waals surface area contributed by atoms with Crippen LogP contribution >= 0.6 is 11.6 Å². The summed E-state index contributed by atoms with van der Waals surface area (Å²) in [6.07, 6.45) is 6.49. The number of aromatic nitrogens is 9. The van der Waals surface area contributed by atoms with E-state index in [1.165, 1.54) is 47.9 Å². The number of nitrogens with one attached hydrogen (secondary N) is 2. The molecule has 10 heterocycles. The molecule has 2 atom stereocenters. The van der Waals surface area contributed by atoms with Gasteiger partial charge in [0.15, 0.2) is 11.0 Å². The Bertz CT molecular complexity index is 3610. The average Bonchev–Trinajstić information content (AvgIpc) is 3.48. The molecule has 24 heteroatoms. The van der Waals surface area contributed by atoms with Gasteiger partial charge in [0, 0.05) is 101 Å². The van der Waals surface area contributed by atoms with E-state index in [0.717, 1.165) is 87.3 Å². The van der Waals surface area contributed by atoms with Crippen molar-refractivity contribution >= 4 is 62.7 Å². The molecule has 4 aliphatic rings. The van der Waals surface area contributed by atoms with E-state index in [2.05, 4.69) is 74.3 Å². The largest absolute Gasteiger partial charge is 0.461 e. The van der Waals surface area contributed by atoms with Crippen LogP contribution in [-0.2, 0) is 45.1 Å². The highest BCUT2D eigenvalue weighted by Gasteiger charge is 2.34. The number of carbonyl (C=O) groups excluding carboxylic acids is 1. The molecule has 11 rings (SSSR count). The number of carbonyl (C=O) groups is 1. The maximum atomic E-state index is 15.5. The zero-order valence-electron chi connectivity index (χ0n) is 46.0. The Kier molecular flexibility index (Phi) is 17.3. The van der Waals surface area contributed by atoms with E-state index in [9.17, 15) is 19.2 Å². The van der Waals surface area contributed by atoms with Gasteiger partial charge in [-0.15, -0.1) is 0 Å². The summed E-state index contributed by atoms with van der Waals surface area (Å²) in [7, 11) is 3.08. The van der Waals surface area contributed by atoms with Gasteiger partial charge in [-0.25, -0.2) is 28.7 Å². The molecular formula is C57H69ClFN15O7. The fourth-order valence-electron chi connectivity index (χ4n) is 10.3. The third-order valence-corrected chi connectivity index (χ3v) is 15.2. The van der Waals surface area contributed by atoms with Crippen molar-refractivity contribution < 1.29 is 23.4 Å². The first-order valence-corrected chi connectivity index (χ1v) is 27.0. The number of pyridine rings is 3. The Morgan fingerprint density at radius 2 is 1.30 bits per heavy atom. The predicted octanol–water partition coefficient (Wildman–Crippen LogP) is 6.21. The number of benzene rings is 1. The third-order valence-electron chi connectivity index (χ3n) is 15.0. The SMILES string of the molecule is C.CC(=O)OCc1c(-c2cc(Nc3ccc(N4CCN(C5COC5)C[C@@H]4C)cn3)c(=O)n(C)n2)ccnc1-n1ncc2cc(C(C)(C)C)cc(F)c2c1=O.C[C@H]1CN(C2COC2)CCN1c1ccc(Nc2cc(Cl)nn(C)c2=O)nc1. The van der Waals surface area contributed by atoms with Crippen molar-refractivity contribution in [2.45, 2.75) is 85.2 Å². The summed E-state index contributed by atoms with van der Waals surface area (Å²) in [5, 5.41) is 19.3. The number of hydrogen-bond donors (Lipinski definition) is 2. The van der Waals surface area contributed by atoms with Gasteiger partial charge in [-0.2, -0.15) is 20.0 Å². The summed E-state index contributed by atoms with van der Waals surface area (Å²) in [5.74, 6) is -0.177. The Morgan fingerprint density at radius 1 is 0.741 bits per heavy atom. The van der Waals surface area contributed by atoms with Crippen molar-refractivity contribution in [3.63, 3.8) is 0 Å². The van der Waals surface area contributed by atoms with Gasteiger partial charge < -0.3 is 34.6 Å². The second kappa shape index (κ2) is 24.2. The molecule has 7 aromatic rings. The minimum absolute atomic E-state index is 0. The second-order valence-electron chi connectivity index (χ2n) is 21.7. The van der Waals surface area contributed by atoms with Gasteiger partial charge in [0.2, 0.25) is 0 Å². The van der Waals surface area contributed by atoms with E-state index in [4.69, 9.17) is 25.8 Å². The molecule has 0 unspecified atom stereocenters. The van der Waals surface area contributed by atoms with Crippen LogP contribution in [0.1, 0.15) is 60.1 Å². The maximum Gasteiger partial charge on any atom is 0.302 e. The highest BCUT2D eigenvalue weighted by Crippen LogP contribution is 2.31. The van der Waals surface area contributed by atoms with Gasteiger partial charge in [-0.05, 0) is 73.4 Å². The number of halogens is 2. The van der Waals surface area contributed by atoms with E-state index in [0.29, 0.717) is 58.1 Å². The normalized spacial score (nSPS) is 18.0. The van der Waals surface area contributed by atoms with Crippen molar-refractivity contribution in [1.29, 1.82) is 0 Å². The highest BCUT2D eigenvalue weighted by atomic mass is 35.5. The van der Waals surface area contributed by atoms with Crippen LogP contribution in [0.15, 0.2) is 93.8 Å². The van der Waals surface area contributed by atoms with Gasteiger partial charge >= 0.3 is 5.97 Å². The Labute approximate surface area is 473 Å². The Morgan fingerprint density at radius 3 is 1.79 bits per heavy atom. The zero-order chi connectivity index (χ0) is 56.6. The van der Waals surface area contributed by atoms with Crippen LogP contribution in [0.2, 0.25) is 5.15 Å². The van der Waals surface area contributed by atoms with Crippen LogP contribution < -0.4 is 37.1 Å². The summed E-state index contributed by atoms with van der Waals surface area (Å²) < 4.78 is 35.0. The van der Waals surface area contributed by atoms with E-state index in [1.807, 2.05) is 51.2 Å². The topological polar surface area (TPSA) is 225 Å². The van der Waals surface area contributed by atoms with E-state index in [-0.39, 0.29) is 52.6 Å². The fraction of sp³-hybridized carbons (Fsp3) is 0.439. The lowest BCUT2D eigenvalue weighted by Crippen LogP contribution is -2.59. The zero-order valence-corrected chi connectivity index (χ0v) is 46.8. The number of piperazine rings is 2. The molecule has 2 N–H and O–H groups in total. The number of fused-ring (bicyclic) bond motifs is 1. The van der Waals surface area contributed by atoms with Crippen molar-refractivity contribution in [3.05, 3.63) is 133 Å². The summed E-state index contributed by atoms with van der Waals surface area (Å²) in [6, 6.07) is 17.3. The molecule has 0 radical (unpaired) electrons. The predicted molar refractivity (Wildman–Crippen MR) is 310 cm³/mol. The Balaban J connectivity index is 0.000000237. The quantitative estimate of drug-likeness (QED) is 0.130. The molecule has 22 nitrogen and oxygen atoms in total. The first-order chi connectivity index (χ1) is 38.3. The molecular weight excluding hydrogens is 1060 g/mol. The lowest BCUT2D eigenvalue weighted by atomic mass is 9.86. The van der Waals surface area contributed by atoms with Gasteiger partial charge in [0.25, 0.3) is 16.7 Å². The summed E-state index contributed by atoms with van der Waals surface area (Å²) in [4.78, 5) is 74.5. The molecule has 0 amide bonds. The number of hydrogen-bond acceptors (Lipinski definition) is 19. The number of nitrogens with zero attached hydrogens (tertiary/aromatic N) is 13. The molecule has 0 bridgehead atoms. The average molecular weight is 1130 g/mol. The van der Waals surface area contributed by atoms with Gasteiger partial charge in [-0.3, -0.25) is 29.0 Å². The van der Waals surface area contributed by atoms with Crippen LogP contribution in [0, 0.1) is 5.82 Å². The molecule has 81 heavy (non-hydrogen) atoms. The summed E-state index contributed by atoms with van der Waals surface area (Å²) in [5.41, 5.74) is 2.59. The first-order valence-electron chi connectivity index (χ1n) is 26.6. The molecule has 0 aliphatic carbocycles.